The first-order valence-electron chi connectivity index (χ1n) is 6.92. The quantitative estimate of drug-likeness (QED) is 0.895. The molecular formula is C14H23N3OS. The van der Waals surface area contributed by atoms with E-state index in [9.17, 15) is 4.79 Å². The van der Waals surface area contributed by atoms with Crippen LogP contribution in [-0.2, 0) is 0 Å². The Morgan fingerprint density at radius 1 is 1.58 bits per heavy atom. The van der Waals surface area contributed by atoms with Crippen LogP contribution in [-0.4, -0.2) is 16.9 Å². The number of hydrogen-bond donors (Lipinski definition) is 2. The molecule has 1 saturated carbocycles. The molecule has 3 N–H and O–H groups in total. The Morgan fingerprint density at radius 2 is 2.32 bits per heavy atom. The zero-order valence-electron chi connectivity index (χ0n) is 11.9. The van der Waals surface area contributed by atoms with Crippen LogP contribution in [0.15, 0.2) is 5.38 Å². The molecule has 19 heavy (non-hydrogen) atoms. The number of carbonyl (C=O) groups is 1. The third kappa shape index (κ3) is 3.34. The third-order valence-electron chi connectivity index (χ3n) is 3.96. The van der Waals surface area contributed by atoms with Crippen molar-refractivity contribution >= 4 is 17.2 Å². The summed E-state index contributed by atoms with van der Waals surface area (Å²) in [5.41, 5.74) is 6.44. The van der Waals surface area contributed by atoms with Crippen molar-refractivity contribution < 1.29 is 4.79 Å². The molecule has 1 fully saturated rings. The van der Waals surface area contributed by atoms with Gasteiger partial charge in [-0.05, 0) is 25.2 Å². The molecule has 0 saturated heterocycles. The Kier molecular flexibility index (Phi) is 4.26. The topological polar surface area (TPSA) is 68.0 Å². The van der Waals surface area contributed by atoms with Crippen LogP contribution in [0.5, 0.6) is 0 Å². The van der Waals surface area contributed by atoms with Crippen LogP contribution < -0.4 is 11.1 Å². The molecule has 0 radical (unpaired) electrons. The summed E-state index contributed by atoms with van der Waals surface area (Å²) in [6.45, 7) is 6.34. The minimum absolute atomic E-state index is 0.0666. The number of rotatable bonds is 3. The molecule has 0 aromatic carbocycles. The molecule has 0 aliphatic heterocycles. The van der Waals surface area contributed by atoms with E-state index in [1.54, 1.807) is 5.38 Å². The molecule has 0 bridgehead atoms. The Labute approximate surface area is 118 Å². The van der Waals surface area contributed by atoms with Crippen molar-refractivity contribution in [2.75, 3.05) is 0 Å². The number of thiazole rings is 1. The summed E-state index contributed by atoms with van der Waals surface area (Å²) in [7, 11) is 0. The number of carbonyl (C=O) groups excluding carboxylic acids is 1. The Morgan fingerprint density at radius 3 is 2.89 bits per heavy atom. The van der Waals surface area contributed by atoms with Crippen molar-refractivity contribution in [3.8, 4) is 0 Å². The van der Waals surface area contributed by atoms with Crippen LogP contribution >= 0.6 is 11.3 Å². The number of nitrogens with zero attached hydrogens (tertiary/aromatic N) is 1. The van der Waals surface area contributed by atoms with E-state index < -0.39 is 0 Å². The van der Waals surface area contributed by atoms with Crippen LogP contribution in [0, 0.1) is 5.41 Å². The van der Waals surface area contributed by atoms with Gasteiger partial charge in [0.25, 0.3) is 5.91 Å². The molecule has 1 aliphatic rings. The van der Waals surface area contributed by atoms with Gasteiger partial charge in [-0.25, -0.2) is 4.98 Å². The summed E-state index contributed by atoms with van der Waals surface area (Å²) in [5, 5.41) is 5.75. The lowest BCUT2D eigenvalue weighted by Gasteiger charge is -2.38. The highest BCUT2D eigenvalue weighted by atomic mass is 32.1. The van der Waals surface area contributed by atoms with E-state index in [-0.39, 0.29) is 23.4 Å². The second-order valence-corrected chi connectivity index (χ2v) is 7.01. The van der Waals surface area contributed by atoms with E-state index in [2.05, 4.69) is 24.1 Å². The summed E-state index contributed by atoms with van der Waals surface area (Å²) in [4.78, 5) is 16.5. The highest BCUT2D eigenvalue weighted by molar-refractivity contribution is 7.09. The standard InChI is InChI=1S/C14H23N3OS/c1-9(15)13-16-10(8-19-13)12(18)17-11-6-4-5-7-14(11,2)3/h8-9,11H,4-7,15H2,1-3H3,(H,17,18). The number of amides is 1. The predicted molar refractivity (Wildman–Crippen MR) is 78.2 cm³/mol. The molecular weight excluding hydrogens is 258 g/mol. The molecule has 5 heteroatoms. The first kappa shape index (κ1) is 14.5. The number of nitrogens with one attached hydrogen (secondary N) is 1. The lowest BCUT2D eigenvalue weighted by molar-refractivity contribution is 0.0849. The highest BCUT2D eigenvalue weighted by Crippen LogP contribution is 2.35. The van der Waals surface area contributed by atoms with E-state index >= 15 is 0 Å². The van der Waals surface area contributed by atoms with E-state index in [0.717, 1.165) is 11.4 Å². The second-order valence-electron chi connectivity index (χ2n) is 6.12. The highest BCUT2D eigenvalue weighted by Gasteiger charge is 2.33. The van der Waals surface area contributed by atoms with Crippen molar-refractivity contribution in [2.45, 2.75) is 58.5 Å². The first-order valence-corrected chi connectivity index (χ1v) is 7.80. The van der Waals surface area contributed by atoms with Crippen LogP contribution in [0.3, 0.4) is 0 Å². The minimum Gasteiger partial charge on any atom is -0.347 e. The zero-order chi connectivity index (χ0) is 14.0. The molecule has 2 rings (SSSR count). The van der Waals surface area contributed by atoms with Crippen LogP contribution in [0.4, 0.5) is 0 Å². The normalized spacial score (nSPS) is 23.9. The van der Waals surface area contributed by atoms with Crippen molar-refractivity contribution in [3.63, 3.8) is 0 Å². The summed E-state index contributed by atoms with van der Waals surface area (Å²) < 4.78 is 0. The Hall–Kier alpha value is -0.940. The van der Waals surface area contributed by atoms with Gasteiger partial charge in [-0.1, -0.05) is 26.7 Å². The maximum absolute atomic E-state index is 12.2. The van der Waals surface area contributed by atoms with Gasteiger partial charge in [-0.15, -0.1) is 11.3 Å². The molecule has 1 aliphatic carbocycles. The Bertz CT molecular complexity index is 453. The molecule has 4 nitrogen and oxygen atoms in total. The smallest absolute Gasteiger partial charge is 0.270 e. The van der Waals surface area contributed by atoms with E-state index in [4.69, 9.17) is 5.73 Å². The van der Waals surface area contributed by atoms with Gasteiger partial charge in [0.15, 0.2) is 0 Å². The first-order chi connectivity index (χ1) is 8.90. The van der Waals surface area contributed by atoms with E-state index in [1.807, 2.05) is 6.92 Å². The molecule has 2 atom stereocenters. The van der Waals surface area contributed by atoms with Crippen molar-refractivity contribution in [2.24, 2.45) is 11.1 Å². The fourth-order valence-electron chi connectivity index (χ4n) is 2.59. The minimum atomic E-state index is -0.113. The average molecular weight is 281 g/mol. The maximum Gasteiger partial charge on any atom is 0.270 e. The van der Waals surface area contributed by atoms with Gasteiger partial charge in [-0.2, -0.15) is 0 Å². The maximum atomic E-state index is 12.2. The van der Waals surface area contributed by atoms with E-state index in [1.165, 1.54) is 30.6 Å². The molecule has 1 amide bonds. The largest absolute Gasteiger partial charge is 0.347 e. The number of nitrogens with two attached hydrogens (primary N) is 1. The number of hydrogen-bond acceptors (Lipinski definition) is 4. The lowest BCUT2D eigenvalue weighted by atomic mass is 9.73. The number of aromatic nitrogens is 1. The van der Waals surface area contributed by atoms with Gasteiger partial charge in [-0.3, -0.25) is 4.79 Å². The van der Waals surface area contributed by atoms with E-state index in [0.29, 0.717) is 5.69 Å². The van der Waals surface area contributed by atoms with Crippen molar-refractivity contribution in [1.29, 1.82) is 0 Å². The fourth-order valence-corrected chi connectivity index (χ4v) is 3.35. The molecule has 1 heterocycles. The van der Waals surface area contributed by atoms with Gasteiger partial charge in [0.1, 0.15) is 10.7 Å². The summed E-state index contributed by atoms with van der Waals surface area (Å²) in [6, 6.07) is 0.131. The summed E-state index contributed by atoms with van der Waals surface area (Å²) in [5.74, 6) is -0.0666. The average Bonchev–Trinajstić information content (AvgIpc) is 2.81. The Balaban J connectivity index is 2.03. The fraction of sp³-hybridized carbons (Fsp3) is 0.714. The van der Waals surface area contributed by atoms with Gasteiger partial charge < -0.3 is 11.1 Å². The summed E-state index contributed by atoms with van der Waals surface area (Å²) >= 11 is 1.45. The SMILES string of the molecule is CC(N)c1nc(C(=O)NC2CCCCC2(C)C)cs1. The van der Waals surface area contributed by atoms with Gasteiger partial charge in [0.2, 0.25) is 0 Å². The molecule has 106 valence electrons. The van der Waals surface area contributed by atoms with Gasteiger partial charge >= 0.3 is 0 Å². The van der Waals surface area contributed by atoms with Gasteiger partial charge in [0, 0.05) is 11.4 Å². The van der Waals surface area contributed by atoms with Crippen LogP contribution in [0.1, 0.15) is 68.0 Å². The molecule has 1 aromatic rings. The van der Waals surface area contributed by atoms with Crippen molar-refractivity contribution in [3.05, 3.63) is 16.1 Å². The molecule has 0 spiro atoms. The van der Waals surface area contributed by atoms with Gasteiger partial charge in [0.05, 0.1) is 6.04 Å². The molecule has 1 aromatic heterocycles. The molecule has 2 unspecified atom stereocenters. The third-order valence-corrected chi connectivity index (χ3v) is 5.00. The monoisotopic (exact) mass is 281 g/mol. The van der Waals surface area contributed by atoms with Crippen LogP contribution in [0.2, 0.25) is 0 Å². The predicted octanol–water partition coefficient (Wildman–Crippen LogP) is 2.86. The second kappa shape index (κ2) is 5.59. The lowest BCUT2D eigenvalue weighted by Crippen LogP contribution is -2.46. The zero-order valence-corrected chi connectivity index (χ0v) is 12.7. The summed E-state index contributed by atoms with van der Waals surface area (Å²) in [6.07, 6.45) is 4.67. The van der Waals surface area contributed by atoms with Crippen LogP contribution in [0.25, 0.3) is 0 Å². The van der Waals surface area contributed by atoms with Crippen molar-refractivity contribution in [1.82, 2.24) is 10.3 Å².